The van der Waals surface area contributed by atoms with Crippen LogP contribution in [0.4, 0.5) is 14.5 Å². The van der Waals surface area contributed by atoms with Crippen LogP contribution in [0.25, 0.3) is 11.0 Å². The lowest BCUT2D eigenvalue weighted by Crippen LogP contribution is -2.58. The van der Waals surface area contributed by atoms with Crippen LogP contribution >= 0.6 is 15.9 Å². The molecular weight excluding hydrogens is 584 g/mol. The predicted molar refractivity (Wildman–Crippen MR) is 149 cm³/mol. The van der Waals surface area contributed by atoms with Crippen molar-refractivity contribution in [2.75, 3.05) is 31.6 Å². The van der Waals surface area contributed by atoms with Crippen molar-refractivity contribution in [3.05, 3.63) is 104 Å². The summed E-state index contributed by atoms with van der Waals surface area (Å²) in [4.78, 5) is 34.7. The van der Waals surface area contributed by atoms with Gasteiger partial charge < -0.3 is 14.2 Å². The van der Waals surface area contributed by atoms with Gasteiger partial charge in [-0.05, 0) is 63.5 Å². The Morgan fingerprint density at radius 1 is 1.05 bits per heavy atom. The number of aromatic nitrogens is 2. The van der Waals surface area contributed by atoms with Gasteiger partial charge in [-0.25, -0.2) is 13.8 Å². The number of fused-ring (bicyclic) bond motifs is 1. The second kappa shape index (κ2) is 11.2. The highest BCUT2D eigenvalue weighted by Crippen LogP contribution is 2.36. The topological polar surface area (TPSA) is 91.5 Å². The summed E-state index contributed by atoms with van der Waals surface area (Å²) in [6, 6.07) is 16.0. The molecule has 0 aliphatic carbocycles. The van der Waals surface area contributed by atoms with Crippen LogP contribution < -0.4 is 10.5 Å². The number of carbonyl (C=O) groups is 1. The summed E-state index contributed by atoms with van der Waals surface area (Å²) < 4.78 is 34.8. The van der Waals surface area contributed by atoms with Crippen LogP contribution in [0.2, 0.25) is 0 Å². The van der Waals surface area contributed by atoms with Crippen LogP contribution in [-0.2, 0) is 16.6 Å². The van der Waals surface area contributed by atoms with Crippen LogP contribution in [-0.4, -0.2) is 53.2 Å². The lowest BCUT2D eigenvalue weighted by atomic mass is 9.94. The third kappa shape index (κ3) is 4.96. The fourth-order valence-electron chi connectivity index (χ4n) is 5.30. The number of nitrogens with zero attached hydrogens (tertiary/aromatic N) is 5. The Kier molecular flexibility index (Phi) is 7.65. The second-order valence-corrected chi connectivity index (χ2v) is 10.2. The lowest BCUT2D eigenvalue weighted by Gasteiger charge is -2.45. The quantitative estimate of drug-likeness (QED) is 0.247. The van der Waals surface area contributed by atoms with E-state index in [2.05, 4.69) is 20.9 Å². The molecule has 1 unspecified atom stereocenters. The van der Waals surface area contributed by atoms with Gasteiger partial charge in [0.2, 0.25) is 0 Å². The number of halogens is 3. The maximum Gasteiger partial charge on any atom is 0.324 e. The van der Waals surface area contributed by atoms with E-state index in [0.717, 1.165) is 0 Å². The minimum absolute atomic E-state index is 0.0775. The number of esters is 1. The summed E-state index contributed by atoms with van der Waals surface area (Å²) in [5.74, 6) is -1.34. The zero-order valence-electron chi connectivity index (χ0n) is 21.6. The molecule has 1 fully saturated rings. The first-order chi connectivity index (χ1) is 19.2. The van der Waals surface area contributed by atoms with Crippen LogP contribution in [0.15, 0.2) is 70.1 Å². The highest BCUT2D eigenvalue weighted by Gasteiger charge is 2.40. The molecule has 1 aliphatic rings. The second-order valence-electron chi connectivity index (χ2n) is 9.43. The monoisotopic (exact) mass is 607 g/mol. The molecule has 4 aromatic rings. The Balaban J connectivity index is 1.63. The molecule has 8 nitrogen and oxygen atoms in total. The fraction of sp³-hybridized carbons (Fsp3) is 0.241. The summed E-state index contributed by atoms with van der Waals surface area (Å²) in [6.45, 7) is 0.711. The zero-order chi connectivity index (χ0) is 28.6. The van der Waals surface area contributed by atoms with Crippen LogP contribution in [0.5, 0.6) is 0 Å². The van der Waals surface area contributed by atoms with Crippen molar-refractivity contribution in [1.82, 2.24) is 14.5 Å². The van der Waals surface area contributed by atoms with Gasteiger partial charge in [0, 0.05) is 26.7 Å². The summed E-state index contributed by atoms with van der Waals surface area (Å²) >= 11 is 3.38. The molecule has 0 N–H and O–H groups in total. The largest absolute Gasteiger partial charge is 0.468 e. The van der Waals surface area contributed by atoms with Gasteiger partial charge in [0.1, 0.15) is 39.4 Å². The van der Waals surface area contributed by atoms with Gasteiger partial charge in [0.15, 0.2) is 0 Å². The molecule has 1 atom stereocenters. The molecule has 2 aromatic carbocycles. The molecule has 0 spiro atoms. The van der Waals surface area contributed by atoms with Crippen molar-refractivity contribution in [2.24, 2.45) is 7.05 Å². The first-order valence-electron chi connectivity index (χ1n) is 12.4. The van der Waals surface area contributed by atoms with Crippen molar-refractivity contribution in [1.29, 1.82) is 5.26 Å². The van der Waals surface area contributed by atoms with Gasteiger partial charge in [-0.2, -0.15) is 5.26 Å². The number of ether oxygens (including phenoxy) is 1. The number of anilines is 1. The molecule has 40 heavy (non-hydrogen) atoms. The number of piperazine rings is 1. The molecule has 3 heterocycles. The first kappa shape index (κ1) is 27.4. The van der Waals surface area contributed by atoms with Crippen LogP contribution in [0.1, 0.15) is 22.7 Å². The van der Waals surface area contributed by atoms with E-state index in [0.29, 0.717) is 45.5 Å². The number of rotatable bonds is 5. The van der Waals surface area contributed by atoms with E-state index in [1.807, 2.05) is 15.9 Å². The van der Waals surface area contributed by atoms with E-state index >= 15 is 0 Å². The molecule has 2 aromatic heterocycles. The van der Waals surface area contributed by atoms with Gasteiger partial charge in [-0.15, -0.1) is 0 Å². The molecule has 5 rings (SSSR count). The van der Waals surface area contributed by atoms with E-state index in [9.17, 15) is 23.6 Å². The van der Waals surface area contributed by atoms with E-state index in [4.69, 9.17) is 4.74 Å². The first-order valence-corrected chi connectivity index (χ1v) is 13.2. The number of hydrogen-bond acceptors (Lipinski definition) is 7. The van der Waals surface area contributed by atoms with Gasteiger partial charge in [0.05, 0.1) is 24.4 Å². The average molecular weight is 608 g/mol. The minimum Gasteiger partial charge on any atom is -0.468 e. The number of pyridine rings is 2. The Bertz CT molecular complexity index is 1640. The molecule has 204 valence electrons. The standard InChI is InChI=1S/C29H24BrF2N5O3/c1-35-22-11-12-24(30)34-25(22)27(21(15-33)28(35)38)36-13-14-37(23(16-36)29(39)40-2)26(17-3-7-19(31)8-4-17)18-5-9-20(32)10-6-18/h3-12,23,26H,13-14,16H2,1-2H3. The van der Waals surface area contributed by atoms with Crippen molar-refractivity contribution in [3.63, 3.8) is 0 Å². The SMILES string of the molecule is COC(=O)C1CN(c2c(C#N)c(=O)n(C)c3ccc(Br)nc23)CCN1C(c1ccc(F)cc1)c1ccc(F)cc1. The molecule has 1 aliphatic heterocycles. The lowest BCUT2D eigenvalue weighted by molar-refractivity contribution is -0.148. The van der Waals surface area contributed by atoms with Crippen molar-refractivity contribution < 1.29 is 18.3 Å². The van der Waals surface area contributed by atoms with E-state index < -0.39 is 35.2 Å². The van der Waals surface area contributed by atoms with Crippen molar-refractivity contribution in [3.8, 4) is 6.07 Å². The number of benzene rings is 2. The Morgan fingerprint density at radius 2 is 1.65 bits per heavy atom. The maximum atomic E-state index is 13.8. The summed E-state index contributed by atoms with van der Waals surface area (Å²) in [5.41, 5.74) is 2.19. The minimum atomic E-state index is -0.850. The molecule has 0 saturated carbocycles. The predicted octanol–water partition coefficient (Wildman–Crippen LogP) is 4.30. The number of aryl methyl sites for hydroxylation is 1. The number of hydrogen-bond donors (Lipinski definition) is 0. The third-order valence-corrected chi connectivity index (χ3v) is 7.65. The summed E-state index contributed by atoms with van der Waals surface area (Å²) in [6.07, 6.45) is 0. The van der Waals surface area contributed by atoms with Crippen molar-refractivity contribution >= 4 is 38.6 Å². The molecular formula is C29H24BrF2N5O3. The van der Waals surface area contributed by atoms with Crippen LogP contribution in [0.3, 0.4) is 0 Å². The van der Waals surface area contributed by atoms with E-state index in [-0.39, 0.29) is 12.1 Å². The highest BCUT2D eigenvalue weighted by atomic mass is 79.9. The summed E-state index contributed by atoms with van der Waals surface area (Å²) in [7, 11) is 2.87. The van der Waals surface area contributed by atoms with Gasteiger partial charge in [-0.3, -0.25) is 14.5 Å². The Morgan fingerprint density at radius 3 is 2.20 bits per heavy atom. The Labute approximate surface area is 237 Å². The molecule has 0 amide bonds. The summed E-state index contributed by atoms with van der Waals surface area (Å²) in [5, 5.41) is 9.99. The number of methoxy groups -OCH3 is 1. The Hall–Kier alpha value is -4.14. The third-order valence-electron chi connectivity index (χ3n) is 7.21. The molecule has 11 heteroatoms. The van der Waals surface area contributed by atoms with Gasteiger partial charge >= 0.3 is 5.97 Å². The van der Waals surface area contributed by atoms with Gasteiger partial charge in [-0.1, -0.05) is 24.3 Å². The number of nitriles is 1. The van der Waals surface area contributed by atoms with Crippen LogP contribution in [0, 0.1) is 23.0 Å². The smallest absolute Gasteiger partial charge is 0.324 e. The van der Waals surface area contributed by atoms with Gasteiger partial charge in [0.25, 0.3) is 5.56 Å². The maximum absolute atomic E-state index is 13.8. The van der Waals surface area contributed by atoms with Crippen molar-refractivity contribution in [2.45, 2.75) is 12.1 Å². The molecule has 0 bridgehead atoms. The number of carbonyl (C=O) groups excluding carboxylic acids is 1. The molecule has 0 radical (unpaired) electrons. The van der Waals surface area contributed by atoms with E-state index in [1.54, 1.807) is 43.4 Å². The average Bonchev–Trinajstić information content (AvgIpc) is 2.96. The fourth-order valence-corrected chi connectivity index (χ4v) is 5.61. The zero-order valence-corrected chi connectivity index (χ0v) is 23.2. The normalized spacial score (nSPS) is 15.8. The molecule has 1 saturated heterocycles. The highest BCUT2D eigenvalue weighted by molar-refractivity contribution is 9.10. The van der Waals surface area contributed by atoms with E-state index in [1.165, 1.54) is 35.9 Å².